The summed E-state index contributed by atoms with van der Waals surface area (Å²) in [5, 5.41) is 10.0. The standard InChI is InChI=1S/C15H15NO4/c1-10-7-16(11-4-2-3-5-13(11)17)12(6-14(10)18)15-8-19-9-20-15/h2-5,7-8,12,17H,6,9H2,1H3/t12-/m0/s1. The molecular formula is C15H15NO4. The van der Waals surface area contributed by atoms with Crippen molar-refractivity contribution in [1.29, 1.82) is 0 Å². The molecule has 5 nitrogen and oxygen atoms in total. The molecule has 0 radical (unpaired) electrons. The van der Waals surface area contributed by atoms with Crippen molar-refractivity contribution < 1.29 is 19.4 Å². The number of phenols is 1. The largest absolute Gasteiger partial charge is 0.506 e. The number of benzene rings is 1. The second kappa shape index (κ2) is 4.92. The van der Waals surface area contributed by atoms with E-state index in [9.17, 15) is 9.90 Å². The number of rotatable bonds is 2. The molecule has 0 aromatic heterocycles. The van der Waals surface area contributed by atoms with Crippen LogP contribution in [0.25, 0.3) is 0 Å². The number of carbonyl (C=O) groups excluding carboxylic acids is 1. The Hall–Kier alpha value is -2.43. The van der Waals surface area contributed by atoms with Gasteiger partial charge in [-0.2, -0.15) is 0 Å². The van der Waals surface area contributed by atoms with Gasteiger partial charge in [0.15, 0.2) is 11.5 Å². The molecule has 5 heteroatoms. The van der Waals surface area contributed by atoms with Gasteiger partial charge in [-0.1, -0.05) is 12.1 Å². The fraction of sp³-hybridized carbons (Fsp3) is 0.267. The van der Waals surface area contributed by atoms with Gasteiger partial charge in [0.1, 0.15) is 18.1 Å². The van der Waals surface area contributed by atoms with E-state index in [4.69, 9.17) is 9.47 Å². The van der Waals surface area contributed by atoms with E-state index in [1.807, 2.05) is 11.0 Å². The van der Waals surface area contributed by atoms with Gasteiger partial charge in [0.25, 0.3) is 0 Å². The summed E-state index contributed by atoms with van der Waals surface area (Å²) in [6.07, 6.45) is 3.57. The normalized spacial score (nSPS) is 21.9. The van der Waals surface area contributed by atoms with Crippen molar-refractivity contribution >= 4 is 11.5 Å². The molecule has 0 fully saturated rings. The van der Waals surface area contributed by atoms with Gasteiger partial charge in [-0.15, -0.1) is 0 Å². The zero-order valence-electron chi connectivity index (χ0n) is 11.1. The summed E-state index contributed by atoms with van der Waals surface area (Å²) >= 11 is 0. The third kappa shape index (κ3) is 2.11. The number of phenolic OH excluding ortho intramolecular Hbond substituents is 1. The Kier molecular flexibility index (Phi) is 3.10. The first-order valence-corrected chi connectivity index (χ1v) is 6.39. The summed E-state index contributed by atoms with van der Waals surface area (Å²) in [6, 6.07) is 6.73. The van der Waals surface area contributed by atoms with Crippen LogP contribution in [0.5, 0.6) is 5.75 Å². The van der Waals surface area contributed by atoms with Gasteiger partial charge in [0.05, 0.1) is 5.69 Å². The highest BCUT2D eigenvalue weighted by molar-refractivity contribution is 5.97. The van der Waals surface area contributed by atoms with Crippen LogP contribution < -0.4 is 4.90 Å². The fourth-order valence-corrected chi connectivity index (χ4v) is 2.39. The monoisotopic (exact) mass is 273 g/mol. The minimum absolute atomic E-state index is 0.0677. The second-order valence-electron chi connectivity index (χ2n) is 4.80. The Bertz CT molecular complexity index is 606. The van der Waals surface area contributed by atoms with Gasteiger partial charge in [0, 0.05) is 18.2 Å². The van der Waals surface area contributed by atoms with Gasteiger partial charge in [-0.05, 0) is 19.1 Å². The second-order valence-corrected chi connectivity index (χ2v) is 4.80. The molecule has 3 rings (SSSR count). The molecule has 0 spiro atoms. The molecule has 0 bridgehead atoms. The summed E-state index contributed by atoms with van der Waals surface area (Å²) in [5.74, 6) is 0.832. The van der Waals surface area contributed by atoms with E-state index in [0.29, 0.717) is 23.4 Å². The smallest absolute Gasteiger partial charge is 0.229 e. The van der Waals surface area contributed by atoms with Crippen molar-refractivity contribution in [2.24, 2.45) is 0 Å². The first-order valence-electron chi connectivity index (χ1n) is 6.39. The lowest BCUT2D eigenvalue weighted by molar-refractivity contribution is -0.116. The molecule has 0 amide bonds. The molecule has 1 aromatic carbocycles. The van der Waals surface area contributed by atoms with E-state index in [1.54, 1.807) is 31.3 Å². The highest BCUT2D eigenvalue weighted by Gasteiger charge is 2.33. The average molecular weight is 273 g/mol. The van der Waals surface area contributed by atoms with E-state index in [0.717, 1.165) is 0 Å². The lowest BCUT2D eigenvalue weighted by Gasteiger charge is -2.34. The Morgan fingerprint density at radius 3 is 2.85 bits per heavy atom. The third-order valence-corrected chi connectivity index (χ3v) is 3.47. The van der Waals surface area contributed by atoms with Crippen molar-refractivity contribution in [3.63, 3.8) is 0 Å². The lowest BCUT2D eigenvalue weighted by Crippen LogP contribution is -2.39. The quantitative estimate of drug-likeness (QED) is 0.896. The molecule has 2 heterocycles. The van der Waals surface area contributed by atoms with Crippen LogP contribution in [0.3, 0.4) is 0 Å². The predicted octanol–water partition coefficient (Wildman–Crippen LogP) is 2.29. The van der Waals surface area contributed by atoms with Crippen molar-refractivity contribution in [2.45, 2.75) is 19.4 Å². The molecule has 2 aliphatic heterocycles. The number of hydrogen-bond acceptors (Lipinski definition) is 5. The van der Waals surface area contributed by atoms with Gasteiger partial charge < -0.3 is 19.5 Å². The van der Waals surface area contributed by atoms with Crippen molar-refractivity contribution in [2.75, 3.05) is 11.7 Å². The Labute approximate surface area is 116 Å². The first-order chi connectivity index (χ1) is 9.66. The summed E-state index contributed by atoms with van der Waals surface area (Å²) < 4.78 is 10.5. The SMILES string of the molecule is CC1=CN(c2ccccc2O)[C@H](C2=COCO2)CC1=O. The van der Waals surface area contributed by atoms with Crippen LogP contribution in [0, 0.1) is 0 Å². The maximum Gasteiger partial charge on any atom is 0.229 e. The molecule has 0 saturated carbocycles. The number of allylic oxidation sites excluding steroid dienone is 1. The number of carbonyl (C=O) groups is 1. The lowest BCUT2D eigenvalue weighted by atomic mass is 9.98. The topological polar surface area (TPSA) is 59.0 Å². The fourth-order valence-electron chi connectivity index (χ4n) is 2.39. The highest BCUT2D eigenvalue weighted by atomic mass is 16.7. The van der Waals surface area contributed by atoms with E-state index in [2.05, 4.69) is 0 Å². The minimum atomic E-state index is -0.290. The van der Waals surface area contributed by atoms with Crippen LogP contribution in [0.1, 0.15) is 13.3 Å². The van der Waals surface area contributed by atoms with E-state index >= 15 is 0 Å². The zero-order chi connectivity index (χ0) is 14.1. The number of ketones is 1. The van der Waals surface area contributed by atoms with Gasteiger partial charge in [0.2, 0.25) is 6.79 Å². The molecule has 20 heavy (non-hydrogen) atoms. The summed E-state index contributed by atoms with van der Waals surface area (Å²) in [7, 11) is 0. The highest BCUT2D eigenvalue weighted by Crippen LogP contribution is 2.35. The maximum absolute atomic E-state index is 11.9. The molecule has 0 saturated heterocycles. The Balaban J connectivity index is 2.04. The molecule has 0 unspecified atom stereocenters. The number of anilines is 1. The van der Waals surface area contributed by atoms with Crippen LogP contribution in [-0.4, -0.2) is 23.7 Å². The zero-order valence-corrected chi connectivity index (χ0v) is 11.1. The molecule has 2 aliphatic rings. The first kappa shape index (κ1) is 12.6. The number of nitrogens with zero attached hydrogens (tertiary/aromatic N) is 1. The molecule has 1 aromatic rings. The number of Topliss-reactive ketones (excluding diaryl/α,β-unsaturated/α-hetero) is 1. The van der Waals surface area contributed by atoms with Gasteiger partial charge in [-0.3, -0.25) is 4.79 Å². The summed E-state index contributed by atoms with van der Waals surface area (Å²) in [5.41, 5.74) is 1.30. The molecule has 1 N–H and O–H groups in total. The Morgan fingerprint density at radius 1 is 1.35 bits per heavy atom. The van der Waals surface area contributed by atoms with E-state index < -0.39 is 0 Å². The number of ether oxygens (including phenoxy) is 2. The summed E-state index contributed by atoms with van der Waals surface area (Å²) in [6.45, 7) is 1.93. The summed E-state index contributed by atoms with van der Waals surface area (Å²) in [4.78, 5) is 13.8. The molecule has 104 valence electrons. The van der Waals surface area contributed by atoms with Crippen LogP contribution >= 0.6 is 0 Å². The van der Waals surface area contributed by atoms with Crippen LogP contribution in [0.15, 0.2) is 48.1 Å². The van der Waals surface area contributed by atoms with Crippen molar-refractivity contribution in [3.8, 4) is 5.75 Å². The Morgan fingerprint density at radius 2 is 2.15 bits per heavy atom. The van der Waals surface area contributed by atoms with Crippen LogP contribution in [-0.2, 0) is 14.3 Å². The number of aromatic hydroxyl groups is 1. The minimum Gasteiger partial charge on any atom is -0.506 e. The predicted molar refractivity (Wildman–Crippen MR) is 72.9 cm³/mol. The van der Waals surface area contributed by atoms with Crippen LogP contribution in [0.4, 0.5) is 5.69 Å². The van der Waals surface area contributed by atoms with E-state index in [1.165, 1.54) is 6.26 Å². The third-order valence-electron chi connectivity index (χ3n) is 3.47. The molecular weight excluding hydrogens is 258 g/mol. The maximum atomic E-state index is 11.9. The number of hydrogen-bond donors (Lipinski definition) is 1. The van der Waals surface area contributed by atoms with E-state index in [-0.39, 0.29) is 24.4 Å². The van der Waals surface area contributed by atoms with Crippen molar-refractivity contribution in [3.05, 3.63) is 48.1 Å². The number of para-hydroxylation sites is 2. The van der Waals surface area contributed by atoms with Gasteiger partial charge in [-0.25, -0.2) is 0 Å². The van der Waals surface area contributed by atoms with Crippen molar-refractivity contribution in [1.82, 2.24) is 0 Å². The molecule has 1 atom stereocenters. The van der Waals surface area contributed by atoms with Gasteiger partial charge >= 0.3 is 0 Å². The average Bonchev–Trinajstić information content (AvgIpc) is 2.96. The molecule has 0 aliphatic carbocycles. The van der Waals surface area contributed by atoms with Crippen LogP contribution in [0.2, 0.25) is 0 Å².